The van der Waals surface area contributed by atoms with Crippen LogP contribution in [0.5, 0.6) is 5.75 Å². The number of aromatic hydroxyl groups is 1. The van der Waals surface area contributed by atoms with E-state index in [0.29, 0.717) is 5.69 Å². The number of carbonyl (C=O) groups excluding carboxylic acids is 3. The Labute approximate surface area is 194 Å². The molecule has 33 heavy (non-hydrogen) atoms. The van der Waals surface area contributed by atoms with E-state index in [-0.39, 0.29) is 11.3 Å². The van der Waals surface area contributed by atoms with Gasteiger partial charge in [-0.15, -0.1) is 0 Å². The Morgan fingerprint density at radius 1 is 1.00 bits per heavy atom. The molecule has 2 aromatic carbocycles. The third-order valence-corrected chi connectivity index (χ3v) is 5.05. The molecule has 2 atom stereocenters. The molecule has 2 rings (SSSR count). The molecule has 0 saturated carbocycles. The molecule has 2 unspecified atom stereocenters. The topological polar surface area (TPSA) is 108 Å². The Balaban J connectivity index is 2.34. The van der Waals surface area contributed by atoms with Gasteiger partial charge in [-0.05, 0) is 58.7 Å². The van der Waals surface area contributed by atoms with E-state index in [4.69, 9.17) is 4.74 Å². The van der Waals surface area contributed by atoms with Crippen LogP contribution >= 0.6 is 0 Å². The van der Waals surface area contributed by atoms with Crippen molar-refractivity contribution in [2.45, 2.75) is 59.2 Å². The first-order valence-corrected chi connectivity index (χ1v) is 10.7. The summed E-state index contributed by atoms with van der Waals surface area (Å²) in [5.74, 6) is -1.13. The molecular formula is C25H33N3O5. The van der Waals surface area contributed by atoms with E-state index >= 15 is 0 Å². The van der Waals surface area contributed by atoms with Crippen LogP contribution in [0.2, 0.25) is 0 Å². The summed E-state index contributed by atoms with van der Waals surface area (Å²) in [5, 5.41) is 15.8. The molecule has 0 aliphatic carbocycles. The summed E-state index contributed by atoms with van der Waals surface area (Å²) in [6.07, 6.45) is -0.740. The van der Waals surface area contributed by atoms with Crippen LogP contribution in [-0.4, -0.2) is 46.6 Å². The monoisotopic (exact) mass is 455 g/mol. The summed E-state index contributed by atoms with van der Waals surface area (Å²) in [4.78, 5) is 39.9. The zero-order valence-electron chi connectivity index (χ0n) is 20.2. The van der Waals surface area contributed by atoms with Gasteiger partial charge in [-0.2, -0.15) is 0 Å². The van der Waals surface area contributed by atoms with Gasteiger partial charge in [0.25, 0.3) is 5.91 Å². The molecule has 3 amide bonds. The summed E-state index contributed by atoms with van der Waals surface area (Å²) in [7, 11) is 1.46. The number of para-hydroxylation sites is 2. The largest absolute Gasteiger partial charge is 0.508 e. The number of rotatable bonds is 6. The highest BCUT2D eigenvalue weighted by Gasteiger charge is 2.34. The van der Waals surface area contributed by atoms with Gasteiger partial charge in [0.15, 0.2) is 0 Å². The zero-order chi connectivity index (χ0) is 24.9. The third kappa shape index (κ3) is 6.71. The molecule has 3 N–H and O–H groups in total. The maximum atomic E-state index is 13.4. The number of nitrogens with zero attached hydrogens (tertiary/aromatic N) is 1. The zero-order valence-corrected chi connectivity index (χ0v) is 20.2. The number of nitrogens with one attached hydrogen (secondary N) is 2. The highest BCUT2D eigenvalue weighted by molar-refractivity contribution is 6.00. The number of benzene rings is 2. The second-order valence-electron chi connectivity index (χ2n) is 9.03. The molecule has 0 aliphatic heterocycles. The summed E-state index contributed by atoms with van der Waals surface area (Å²) >= 11 is 0. The minimum absolute atomic E-state index is 0.119. The van der Waals surface area contributed by atoms with Gasteiger partial charge < -0.3 is 25.4 Å². The van der Waals surface area contributed by atoms with E-state index in [1.807, 2.05) is 32.0 Å². The van der Waals surface area contributed by atoms with Crippen LogP contribution in [-0.2, 0) is 14.3 Å². The molecule has 8 heteroatoms. The second-order valence-corrected chi connectivity index (χ2v) is 9.03. The first-order valence-electron chi connectivity index (χ1n) is 10.7. The molecule has 0 fully saturated rings. The number of hydrogen-bond acceptors (Lipinski definition) is 5. The minimum atomic E-state index is -1.14. The highest BCUT2D eigenvalue weighted by atomic mass is 16.6. The van der Waals surface area contributed by atoms with Crippen molar-refractivity contribution in [3.8, 4) is 5.75 Å². The third-order valence-electron chi connectivity index (χ3n) is 5.05. The van der Waals surface area contributed by atoms with Crippen molar-refractivity contribution < 1.29 is 24.2 Å². The maximum absolute atomic E-state index is 13.4. The Hall–Kier alpha value is -3.55. The summed E-state index contributed by atoms with van der Waals surface area (Å²) in [6.45, 7) is 10.4. The van der Waals surface area contributed by atoms with Crippen LogP contribution in [0.1, 0.15) is 50.4 Å². The molecule has 2 aromatic rings. The van der Waals surface area contributed by atoms with Crippen LogP contribution in [0.3, 0.4) is 0 Å². The number of alkyl carbamates (subject to hydrolysis) is 1. The van der Waals surface area contributed by atoms with Crippen molar-refractivity contribution in [3.05, 3.63) is 59.2 Å². The Bertz CT molecular complexity index is 1010. The SMILES string of the molecule is Cc1cccc(C)c1NC(=O)C(c1ccccc1O)N(C)C(=O)C(C)NC(=O)OC(C)(C)C. The van der Waals surface area contributed by atoms with Crippen LogP contribution in [0.25, 0.3) is 0 Å². The van der Waals surface area contributed by atoms with Crippen LogP contribution in [0.15, 0.2) is 42.5 Å². The van der Waals surface area contributed by atoms with Gasteiger partial charge in [0.05, 0.1) is 0 Å². The van der Waals surface area contributed by atoms with Crippen molar-refractivity contribution in [2.75, 3.05) is 12.4 Å². The van der Waals surface area contributed by atoms with Crippen molar-refractivity contribution in [1.82, 2.24) is 10.2 Å². The van der Waals surface area contributed by atoms with Gasteiger partial charge in [0, 0.05) is 18.3 Å². The van der Waals surface area contributed by atoms with Gasteiger partial charge in [0.2, 0.25) is 5.91 Å². The van der Waals surface area contributed by atoms with Crippen molar-refractivity contribution in [2.24, 2.45) is 0 Å². The summed E-state index contributed by atoms with van der Waals surface area (Å²) in [5.41, 5.74) is 1.93. The first kappa shape index (κ1) is 25.7. The Morgan fingerprint density at radius 3 is 2.12 bits per heavy atom. The number of ether oxygens (including phenoxy) is 1. The lowest BCUT2D eigenvalue weighted by Gasteiger charge is -2.31. The van der Waals surface area contributed by atoms with Gasteiger partial charge in [0.1, 0.15) is 23.4 Å². The smallest absolute Gasteiger partial charge is 0.408 e. The first-order chi connectivity index (χ1) is 15.3. The molecule has 0 heterocycles. The van der Waals surface area contributed by atoms with Gasteiger partial charge in [-0.1, -0.05) is 36.4 Å². The fraction of sp³-hybridized carbons (Fsp3) is 0.400. The average molecular weight is 456 g/mol. The van der Waals surface area contributed by atoms with E-state index in [2.05, 4.69) is 10.6 Å². The number of hydrogen-bond donors (Lipinski definition) is 3. The Kier molecular flexibility index (Phi) is 8.08. The predicted molar refractivity (Wildman–Crippen MR) is 127 cm³/mol. The van der Waals surface area contributed by atoms with Gasteiger partial charge >= 0.3 is 6.09 Å². The standard InChI is InChI=1S/C25H33N3O5/c1-15-11-10-12-16(2)20(15)27-22(30)21(18-13-8-9-14-19(18)29)28(7)23(31)17(3)26-24(32)33-25(4,5)6/h8-14,17,21,29H,1-7H3,(H,26,32)(H,27,30). The molecule has 0 radical (unpaired) electrons. The van der Waals surface area contributed by atoms with E-state index in [9.17, 15) is 19.5 Å². The molecular weight excluding hydrogens is 422 g/mol. The van der Waals surface area contributed by atoms with Crippen molar-refractivity contribution in [3.63, 3.8) is 0 Å². The number of carbonyl (C=O) groups is 3. The van der Waals surface area contributed by atoms with Gasteiger partial charge in [-0.3, -0.25) is 9.59 Å². The average Bonchev–Trinajstić information content (AvgIpc) is 2.70. The van der Waals surface area contributed by atoms with Crippen LogP contribution < -0.4 is 10.6 Å². The van der Waals surface area contributed by atoms with E-state index in [1.165, 1.54) is 24.9 Å². The number of likely N-dealkylation sites (N-methyl/N-ethyl adjacent to an activating group) is 1. The van der Waals surface area contributed by atoms with E-state index < -0.39 is 35.6 Å². The molecule has 0 bridgehead atoms. The predicted octanol–water partition coefficient (Wildman–Crippen LogP) is 4.06. The summed E-state index contributed by atoms with van der Waals surface area (Å²) in [6, 6.07) is 9.88. The lowest BCUT2D eigenvalue weighted by molar-refractivity contribution is -0.138. The molecule has 0 aromatic heterocycles. The van der Waals surface area contributed by atoms with Crippen LogP contribution in [0.4, 0.5) is 10.5 Å². The van der Waals surface area contributed by atoms with E-state index in [0.717, 1.165) is 11.1 Å². The number of phenols is 1. The number of phenolic OH excluding ortho intramolecular Hbond substituents is 1. The fourth-order valence-corrected chi connectivity index (χ4v) is 3.43. The number of aryl methyl sites for hydroxylation is 2. The minimum Gasteiger partial charge on any atom is -0.508 e. The van der Waals surface area contributed by atoms with Crippen molar-refractivity contribution in [1.29, 1.82) is 0 Å². The maximum Gasteiger partial charge on any atom is 0.408 e. The number of amides is 3. The highest BCUT2D eigenvalue weighted by Crippen LogP contribution is 2.30. The normalized spacial score (nSPS) is 12.9. The molecule has 0 aliphatic rings. The lowest BCUT2D eigenvalue weighted by Crippen LogP contribution is -2.49. The van der Waals surface area contributed by atoms with Crippen molar-refractivity contribution >= 4 is 23.6 Å². The molecule has 178 valence electrons. The quantitative estimate of drug-likeness (QED) is 0.609. The number of anilines is 1. The second kappa shape index (κ2) is 10.4. The molecule has 8 nitrogen and oxygen atoms in total. The van der Waals surface area contributed by atoms with E-state index in [1.54, 1.807) is 39.0 Å². The molecule has 0 spiro atoms. The van der Waals surface area contributed by atoms with Crippen LogP contribution in [0, 0.1) is 13.8 Å². The lowest BCUT2D eigenvalue weighted by atomic mass is 10.0. The summed E-state index contributed by atoms with van der Waals surface area (Å²) < 4.78 is 5.22. The fourth-order valence-electron chi connectivity index (χ4n) is 3.43. The molecule has 0 saturated heterocycles. The van der Waals surface area contributed by atoms with Gasteiger partial charge in [-0.25, -0.2) is 4.79 Å². The Morgan fingerprint density at radius 2 is 1.58 bits per heavy atom.